The Bertz CT molecular complexity index is 472. The lowest BCUT2D eigenvalue weighted by Gasteiger charge is -2.22. The van der Waals surface area contributed by atoms with Gasteiger partial charge in [-0.05, 0) is 48.1 Å². The Hall–Kier alpha value is -1.29. The highest BCUT2D eigenvalue weighted by Crippen LogP contribution is 2.43. The maximum absolute atomic E-state index is 9.53. The first kappa shape index (κ1) is 14.1. The number of benzene rings is 1. The first-order valence-electron chi connectivity index (χ1n) is 7.35. The van der Waals surface area contributed by atoms with E-state index in [9.17, 15) is 5.26 Å². The molecule has 1 fully saturated rings. The third kappa shape index (κ3) is 3.18. The lowest BCUT2D eigenvalue weighted by molar-refractivity contribution is 0.391. The standard InChI is InChI=1S/C18H25N/c1-14-9-10-18(11-14,13-19)12-15-5-7-16(8-6-15)17(2,3)4/h5-8,14H,9-12H2,1-4H3. The Labute approximate surface area is 117 Å². The molecule has 1 nitrogen and oxygen atoms in total. The van der Waals surface area contributed by atoms with Gasteiger partial charge in [-0.3, -0.25) is 0 Å². The second-order valence-corrected chi connectivity index (χ2v) is 7.36. The molecular formula is C18H25N. The van der Waals surface area contributed by atoms with E-state index >= 15 is 0 Å². The minimum Gasteiger partial charge on any atom is -0.198 e. The molecule has 1 aromatic carbocycles. The van der Waals surface area contributed by atoms with Crippen LogP contribution in [-0.2, 0) is 11.8 Å². The summed E-state index contributed by atoms with van der Waals surface area (Å²) in [6.45, 7) is 8.97. The van der Waals surface area contributed by atoms with Gasteiger partial charge in [0, 0.05) is 0 Å². The van der Waals surface area contributed by atoms with Gasteiger partial charge in [0.25, 0.3) is 0 Å². The van der Waals surface area contributed by atoms with Crippen molar-refractivity contribution in [2.24, 2.45) is 11.3 Å². The molecule has 19 heavy (non-hydrogen) atoms. The fourth-order valence-electron chi connectivity index (χ4n) is 3.21. The average molecular weight is 255 g/mol. The van der Waals surface area contributed by atoms with E-state index in [2.05, 4.69) is 58.0 Å². The Balaban J connectivity index is 2.14. The molecule has 0 heterocycles. The van der Waals surface area contributed by atoms with Gasteiger partial charge in [-0.15, -0.1) is 0 Å². The quantitative estimate of drug-likeness (QED) is 0.740. The predicted octanol–water partition coefficient (Wildman–Crippen LogP) is 4.86. The fraction of sp³-hybridized carbons (Fsp3) is 0.611. The van der Waals surface area contributed by atoms with Crippen LogP contribution in [0.15, 0.2) is 24.3 Å². The summed E-state index contributed by atoms with van der Waals surface area (Å²) in [5, 5.41) is 9.53. The molecule has 1 aromatic rings. The van der Waals surface area contributed by atoms with Crippen LogP contribution in [0.3, 0.4) is 0 Å². The Morgan fingerprint density at radius 3 is 2.32 bits per heavy atom. The van der Waals surface area contributed by atoms with Gasteiger partial charge in [0.1, 0.15) is 0 Å². The maximum Gasteiger partial charge on any atom is 0.0693 e. The van der Waals surface area contributed by atoms with Crippen molar-refractivity contribution in [1.29, 1.82) is 5.26 Å². The molecule has 2 atom stereocenters. The van der Waals surface area contributed by atoms with E-state index in [-0.39, 0.29) is 10.8 Å². The summed E-state index contributed by atoms with van der Waals surface area (Å²) >= 11 is 0. The molecule has 1 aliphatic rings. The SMILES string of the molecule is CC1CCC(C#N)(Cc2ccc(C(C)(C)C)cc2)C1. The van der Waals surface area contributed by atoms with Crippen molar-refractivity contribution in [3.63, 3.8) is 0 Å². The zero-order valence-electron chi connectivity index (χ0n) is 12.7. The van der Waals surface area contributed by atoms with Crippen molar-refractivity contribution in [1.82, 2.24) is 0 Å². The molecule has 0 radical (unpaired) electrons. The highest BCUT2D eigenvalue weighted by atomic mass is 14.4. The second-order valence-electron chi connectivity index (χ2n) is 7.36. The number of hydrogen-bond acceptors (Lipinski definition) is 1. The zero-order chi connectivity index (χ0) is 14.1. The molecule has 0 saturated heterocycles. The van der Waals surface area contributed by atoms with Gasteiger partial charge < -0.3 is 0 Å². The van der Waals surface area contributed by atoms with Crippen molar-refractivity contribution in [3.8, 4) is 6.07 Å². The van der Waals surface area contributed by atoms with Crippen LogP contribution in [0.4, 0.5) is 0 Å². The third-order valence-corrected chi connectivity index (χ3v) is 4.45. The average Bonchev–Trinajstić information content (AvgIpc) is 2.71. The molecule has 102 valence electrons. The normalized spacial score (nSPS) is 27.2. The van der Waals surface area contributed by atoms with E-state index in [1.54, 1.807) is 0 Å². The maximum atomic E-state index is 9.53. The van der Waals surface area contributed by atoms with Gasteiger partial charge in [0.15, 0.2) is 0 Å². The van der Waals surface area contributed by atoms with E-state index in [4.69, 9.17) is 0 Å². The Kier molecular flexibility index (Phi) is 3.72. The molecule has 0 bridgehead atoms. The Morgan fingerprint density at radius 2 is 1.89 bits per heavy atom. The van der Waals surface area contributed by atoms with Crippen molar-refractivity contribution >= 4 is 0 Å². The fourth-order valence-corrected chi connectivity index (χ4v) is 3.21. The first-order valence-corrected chi connectivity index (χ1v) is 7.35. The van der Waals surface area contributed by atoms with Crippen molar-refractivity contribution in [3.05, 3.63) is 35.4 Å². The molecule has 0 amide bonds. The van der Waals surface area contributed by atoms with E-state index in [1.807, 2.05) is 0 Å². The molecule has 2 unspecified atom stereocenters. The van der Waals surface area contributed by atoms with Crippen LogP contribution in [0.25, 0.3) is 0 Å². The van der Waals surface area contributed by atoms with Crippen LogP contribution >= 0.6 is 0 Å². The van der Waals surface area contributed by atoms with Gasteiger partial charge in [-0.1, -0.05) is 52.0 Å². The zero-order valence-corrected chi connectivity index (χ0v) is 12.7. The summed E-state index contributed by atoms with van der Waals surface area (Å²) in [6, 6.07) is 11.5. The summed E-state index contributed by atoms with van der Waals surface area (Å²) in [5.74, 6) is 0.702. The van der Waals surface area contributed by atoms with Crippen molar-refractivity contribution < 1.29 is 0 Å². The minimum absolute atomic E-state index is 0.108. The highest BCUT2D eigenvalue weighted by molar-refractivity contribution is 5.29. The summed E-state index contributed by atoms with van der Waals surface area (Å²) in [5.41, 5.74) is 2.77. The molecule has 1 saturated carbocycles. The van der Waals surface area contributed by atoms with Crippen molar-refractivity contribution in [2.45, 2.75) is 58.8 Å². The number of nitriles is 1. The topological polar surface area (TPSA) is 23.8 Å². The number of hydrogen-bond donors (Lipinski definition) is 0. The lowest BCUT2D eigenvalue weighted by Crippen LogP contribution is -2.18. The largest absolute Gasteiger partial charge is 0.198 e. The molecule has 2 rings (SSSR count). The van der Waals surface area contributed by atoms with E-state index in [1.165, 1.54) is 17.5 Å². The van der Waals surface area contributed by atoms with Crippen LogP contribution in [0.1, 0.15) is 58.1 Å². The predicted molar refractivity (Wildman–Crippen MR) is 79.9 cm³/mol. The van der Waals surface area contributed by atoms with Gasteiger partial charge in [-0.2, -0.15) is 5.26 Å². The van der Waals surface area contributed by atoms with E-state index in [0.29, 0.717) is 5.92 Å². The minimum atomic E-state index is -0.108. The Morgan fingerprint density at radius 1 is 1.26 bits per heavy atom. The van der Waals surface area contributed by atoms with Crippen molar-refractivity contribution in [2.75, 3.05) is 0 Å². The number of nitrogens with zero attached hydrogens (tertiary/aromatic N) is 1. The lowest BCUT2D eigenvalue weighted by atomic mass is 9.80. The molecular weight excluding hydrogens is 230 g/mol. The smallest absolute Gasteiger partial charge is 0.0693 e. The summed E-state index contributed by atoms with van der Waals surface area (Å²) < 4.78 is 0. The van der Waals surface area contributed by atoms with E-state index in [0.717, 1.165) is 19.3 Å². The molecule has 0 spiro atoms. The molecule has 1 aliphatic carbocycles. The van der Waals surface area contributed by atoms with Crippen LogP contribution in [0.5, 0.6) is 0 Å². The summed E-state index contributed by atoms with van der Waals surface area (Å²) in [6.07, 6.45) is 4.24. The second kappa shape index (κ2) is 5.00. The van der Waals surface area contributed by atoms with Crippen LogP contribution < -0.4 is 0 Å². The molecule has 0 aliphatic heterocycles. The summed E-state index contributed by atoms with van der Waals surface area (Å²) in [4.78, 5) is 0. The van der Waals surface area contributed by atoms with Crippen LogP contribution in [-0.4, -0.2) is 0 Å². The molecule has 0 N–H and O–H groups in total. The number of rotatable bonds is 2. The van der Waals surface area contributed by atoms with Crippen LogP contribution in [0, 0.1) is 22.7 Å². The summed E-state index contributed by atoms with van der Waals surface area (Å²) in [7, 11) is 0. The van der Waals surface area contributed by atoms with Gasteiger partial charge in [0.05, 0.1) is 11.5 Å². The first-order chi connectivity index (χ1) is 8.85. The highest BCUT2D eigenvalue weighted by Gasteiger charge is 2.37. The van der Waals surface area contributed by atoms with E-state index < -0.39 is 0 Å². The molecule has 0 aromatic heterocycles. The van der Waals surface area contributed by atoms with Crippen LogP contribution in [0.2, 0.25) is 0 Å². The van der Waals surface area contributed by atoms with Gasteiger partial charge >= 0.3 is 0 Å². The monoisotopic (exact) mass is 255 g/mol. The van der Waals surface area contributed by atoms with Gasteiger partial charge in [0.2, 0.25) is 0 Å². The van der Waals surface area contributed by atoms with Gasteiger partial charge in [-0.25, -0.2) is 0 Å². The third-order valence-electron chi connectivity index (χ3n) is 4.45. The molecule has 1 heteroatoms.